The Morgan fingerprint density at radius 3 is 2.68 bits per heavy atom. The lowest BCUT2D eigenvalue weighted by molar-refractivity contribution is 0.0911. The summed E-state index contributed by atoms with van der Waals surface area (Å²) in [7, 11) is 0. The molecule has 0 bridgehead atoms. The van der Waals surface area contributed by atoms with Gasteiger partial charge in [-0.3, -0.25) is 13.8 Å². The topological polar surface area (TPSA) is 76.2 Å². The Hall–Kier alpha value is -2.81. The molecular formula is C19H22F2N6O. The molecule has 1 aliphatic carbocycles. The molecule has 0 saturated heterocycles. The molecule has 9 heteroatoms. The molecule has 28 heavy (non-hydrogen) atoms. The van der Waals surface area contributed by atoms with E-state index in [0.717, 1.165) is 31.2 Å². The highest BCUT2D eigenvalue weighted by molar-refractivity contribution is 5.93. The molecule has 7 nitrogen and oxygen atoms in total. The number of rotatable bonds is 6. The van der Waals surface area contributed by atoms with Crippen LogP contribution in [0.15, 0.2) is 43.1 Å². The predicted molar refractivity (Wildman–Crippen MR) is 99.8 cm³/mol. The first-order chi connectivity index (χ1) is 13.6. The van der Waals surface area contributed by atoms with Crippen LogP contribution in [0.25, 0.3) is 11.3 Å². The second kappa shape index (κ2) is 8.05. The third kappa shape index (κ3) is 3.89. The predicted octanol–water partition coefficient (Wildman–Crippen LogP) is 2.42. The Balaban J connectivity index is 1.45. The molecule has 1 fully saturated rings. The van der Waals surface area contributed by atoms with Gasteiger partial charge in [0.25, 0.3) is 12.3 Å². The fourth-order valence-electron chi connectivity index (χ4n) is 3.70. The molecule has 3 aromatic rings. The van der Waals surface area contributed by atoms with Gasteiger partial charge in [-0.1, -0.05) is 6.07 Å². The Kier molecular flexibility index (Phi) is 5.34. The van der Waals surface area contributed by atoms with Crippen LogP contribution in [0.3, 0.4) is 0 Å². The van der Waals surface area contributed by atoms with Crippen molar-refractivity contribution in [3.8, 4) is 5.82 Å². The lowest BCUT2D eigenvalue weighted by Gasteiger charge is -2.29. The van der Waals surface area contributed by atoms with Crippen molar-refractivity contribution in [1.29, 1.82) is 0 Å². The molecule has 0 unspecified atom stereocenters. The lowest BCUT2D eigenvalue weighted by atomic mass is 9.91. The smallest absolute Gasteiger partial charge is 0.287 e. The van der Waals surface area contributed by atoms with Crippen molar-refractivity contribution in [2.75, 3.05) is 6.54 Å². The van der Waals surface area contributed by atoms with E-state index in [1.165, 1.54) is 0 Å². The van der Waals surface area contributed by atoms with Crippen LogP contribution in [-0.2, 0) is 0 Å². The first-order valence-electron chi connectivity index (χ1n) is 9.39. The maximum atomic E-state index is 12.9. The summed E-state index contributed by atoms with van der Waals surface area (Å²) in [5, 5.41) is 5.93. The highest BCUT2D eigenvalue weighted by Crippen LogP contribution is 2.21. The summed E-state index contributed by atoms with van der Waals surface area (Å²) in [5.74, 6) is 0.719. The van der Waals surface area contributed by atoms with Gasteiger partial charge in [-0.15, -0.1) is 0 Å². The Bertz CT molecular complexity index is 931. The third-order valence-corrected chi connectivity index (χ3v) is 5.10. The summed E-state index contributed by atoms with van der Waals surface area (Å²) < 4.78 is 28.2. The zero-order chi connectivity index (χ0) is 19.5. The number of amides is 1. The minimum absolute atomic E-state index is 0.0184. The number of alkyl halides is 2. The summed E-state index contributed by atoms with van der Waals surface area (Å²) in [4.78, 5) is 21.5. The Morgan fingerprint density at radius 2 is 1.96 bits per heavy atom. The van der Waals surface area contributed by atoms with Crippen LogP contribution in [0, 0.1) is 0 Å². The number of hydrogen-bond acceptors (Lipinski definition) is 4. The molecule has 3 aromatic heterocycles. The maximum absolute atomic E-state index is 12.9. The fraction of sp³-hybridized carbons (Fsp3) is 0.421. The van der Waals surface area contributed by atoms with E-state index in [0.29, 0.717) is 11.6 Å². The van der Waals surface area contributed by atoms with E-state index >= 15 is 0 Å². The van der Waals surface area contributed by atoms with Crippen LogP contribution >= 0.6 is 0 Å². The average Bonchev–Trinajstić information content (AvgIpc) is 3.35. The molecule has 0 atom stereocenters. The average molecular weight is 388 g/mol. The molecule has 0 radical (unpaired) electrons. The van der Waals surface area contributed by atoms with Crippen molar-refractivity contribution < 1.29 is 13.6 Å². The number of carbonyl (C=O) groups is 1. The monoisotopic (exact) mass is 388 g/mol. The number of nitrogens with one attached hydrogen (secondary N) is 2. The molecular weight excluding hydrogens is 366 g/mol. The van der Waals surface area contributed by atoms with E-state index in [4.69, 9.17) is 0 Å². The number of nitrogens with zero attached hydrogens (tertiary/aromatic N) is 4. The Labute approximate surface area is 160 Å². The first-order valence-corrected chi connectivity index (χ1v) is 9.39. The zero-order valence-corrected chi connectivity index (χ0v) is 15.3. The molecule has 0 aliphatic heterocycles. The van der Waals surface area contributed by atoms with Gasteiger partial charge in [0.15, 0.2) is 5.82 Å². The first kappa shape index (κ1) is 18.5. The number of hydrogen-bond donors (Lipinski definition) is 2. The van der Waals surface area contributed by atoms with Crippen LogP contribution in [0.1, 0.15) is 36.3 Å². The van der Waals surface area contributed by atoms with Crippen LogP contribution in [0.2, 0.25) is 0 Å². The quantitative estimate of drug-likeness (QED) is 0.680. The number of pyridine rings is 1. The van der Waals surface area contributed by atoms with E-state index < -0.39 is 6.43 Å². The van der Waals surface area contributed by atoms with Gasteiger partial charge >= 0.3 is 0 Å². The number of halogens is 2. The van der Waals surface area contributed by atoms with Gasteiger partial charge in [-0.05, 0) is 37.8 Å². The van der Waals surface area contributed by atoms with Gasteiger partial charge in [0.2, 0.25) is 5.82 Å². The van der Waals surface area contributed by atoms with E-state index in [9.17, 15) is 13.6 Å². The van der Waals surface area contributed by atoms with Crippen molar-refractivity contribution in [2.24, 2.45) is 0 Å². The number of fused-ring (bicyclic) bond motifs is 1. The van der Waals surface area contributed by atoms with E-state index in [1.807, 2.05) is 24.4 Å². The van der Waals surface area contributed by atoms with Crippen molar-refractivity contribution in [2.45, 2.75) is 44.2 Å². The van der Waals surface area contributed by atoms with Crippen molar-refractivity contribution in [1.82, 2.24) is 29.6 Å². The minimum atomic E-state index is -2.34. The summed E-state index contributed by atoms with van der Waals surface area (Å²) in [6.45, 7) is -0.279. The maximum Gasteiger partial charge on any atom is 0.287 e. The molecule has 3 heterocycles. The lowest BCUT2D eigenvalue weighted by Crippen LogP contribution is -2.43. The normalized spacial score (nSPS) is 20.0. The van der Waals surface area contributed by atoms with Crippen LogP contribution in [0.4, 0.5) is 8.78 Å². The van der Waals surface area contributed by atoms with Gasteiger partial charge in [0.05, 0.1) is 12.1 Å². The van der Waals surface area contributed by atoms with Crippen molar-refractivity contribution in [3.63, 3.8) is 0 Å². The molecule has 148 valence electrons. The number of carbonyl (C=O) groups excluding carboxylic acids is 1. The zero-order valence-electron chi connectivity index (χ0n) is 15.3. The van der Waals surface area contributed by atoms with Crippen LogP contribution < -0.4 is 10.6 Å². The van der Waals surface area contributed by atoms with Crippen molar-refractivity contribution >= 4 is 11.4 Å². The molecule has 4 rings (SSSR count). The highest BCUT2D eigenvalue weighted by Gasteiger charge is 2.25. The second-order valence-corrected chi connectivity index (χ2v) is 7.01. The van der Waals surface area contributed by atoms with E-state index in [1.54, 1.807) is 27.7 Å². The second-order valence-electron chi connectivity index (χ2n) is 7.01. The minimum Gasteiger partial charge on any atom is -0.347 e. The largest absolute Gasteiger partial charge is 0.347 e. The molecule has 0 spiro atoms. The fourth-order valence-corrected chi connectivity index (χ4v) is 3.70. The van der Waals surface area contributed by atoms with Gasteiger partial charge in [0.1, 0.15) is 6.33 Å². The molecule has 0 aromatic carbocycles. The number of aromatic nitrogens is 4. The third-order valence-electron chi connectivity index (χ3n) is 5.10. The standard InChI is InChI=1S/C19H22F2N6O/c20-16(21)11-23-13-4-6-14(7-5-13)24-19(28)18-25-17(26-10-8-22-12-26)15-3-1-2-9-27(15)18/h1-3,8-10,12-14,16,23H,4-7,11H2,(H,24,28). The summed E-state index contributed by atoms with van der Waals surface area (Å²) in [5.41, 5.74) is 0.811. The summed E-state index contributed by atoms with van der Waals surface area (Å²) >= 11 is 0. The van der Waals surface area contributed by atoms with Gasteiger partial charge in [-0.2, -0.15) is 0 Å². The Morgan fingerprint density at radius 1 is 1.18 bits per heavy atom. The summed E-state index contributed by atoms with van der Waals surface area (Å²) in [6, 6.07) is 5.75. The van der Waals surface area contributed by atoms with Crippen LogP contribution in [0.5, 0.6) is 0 Å². The highest BCUT2D eigenvalue weighted by atomic mass is 19.3. The van der Waals surface area contributed by atoms with Gasteiger partial charge in [-0.25, -0.2) is 18.7 Å². The van der Waals surface area contributed by atoms with E-state index in [2.05, 4.69) is 20.6 Å². The number of imidazole rings is 2. The molecule has 2 N–H and O–H groups in total. The molecule has 1 saturated carbocycles. The molecule has 1 amide bonds. The molecule has 1 aliphatic rings. The van der Waals surface area contributed by atoms with Crippen molar-refractivity contribution in [3.05, 3.63) is 48.9 Å². The summed E-state index contributed by atoms with van der Waals surface area (Å²) in [6.07, 6.45) is 7.60. The SMILES string of the molecule is O=C(NC1CCC(NCC(F)F)CC1)c1nc(-n2ccnc2)c2ccccn12. The van der Waals surface area contributed by atoms with E-state index in [-0.39, 0.29) is 24.5 Å². The van der Waals surface area contributed by atoms with Gasteiger partial charge < -0.3 is 10.6 Å². The van der Waals surface area contributed by atoms with Gasteiger partial charge in [0, 0.05) is 30.7 Å². The van der Waals surface area contributed by atoms with Crippen LogP contribution in [-0.4, -0.2) is 49.9 Å².